The average Bonchev–Trinajstić information content (AvgIpc) is 2.95. The molecule has 150 valence electrons. The summed E-state index contributed by atoms with van der Waals surface area (Å²) in [6.07, 6.45) is 0.523. The van der Waals surface area contributed by atoms with Gasteiger partial charge in [-0.3, -0.25) is 19.3 Å². The Kier molecular flexibility index (Phi) is 5.36. The quantitative estimate of drug-likeness (QED) is 0.509. The van der Waals surface area contributed by atoms with Gasteiger partial charge in [-0.25, -0.2) is 4.79 Å². The highest BCUT2D eigenvalue weighted by Gasteiger charge is 2.44. The van der Waals surface area contributed by atoms with Crippen molar-refractivity contribution in [3.05, 3.63) is 59.2 Å². The Labute approximate surface area is 166 Å². The van der Waals surface area contributed by atoms with Gasteiger partial charge < -0.3 is 15.5 Å². The SMILES string of the molecule is CCC(C)C(C(=O)Nc1ccc(C(=O)O)cc1O)N1C(=O)c2ccccc2C1=O. The average molecular weight is 396 g/mol. The molecular weight excluding hydrogens is 376 g/mol. The lowest BCUT2D eigenvalue weighted by molar-refractivity contribution is -0.121. The monoisotopic (exact) mass is 396 g/mol. The summed E-state index contributed by atoms with van der Waals surface area (Å²) in [5.41, 5.74) is 0.337. The molecule has 0 radical (unpaired) electrons. The Morgan fingerprint density at radius 2 is 1.66 bits per heavy atom. The Hall–Kier alpha value is -3.68. The Balaban J connectivity index is 1.92. The van der Waals surface area contributed by atoms with Crippen LogP contribution in [0.25, 0.3) is 0 Å². The molecule has 8 nitrogen and oxygen atoms in total. The number of hydrogen-bond acceptors (Lipinski definition) is 5. The van der Waals surface area contributed by atoms with Crippen LogP contribution < -0.4 is 5.32 Å². The van der Waals surface area contributed by atoms with Crippen molar-refractivity contribution in [2.75, 3.05) is 5.32 Å². The van der Waals surface area contributed by atoms with Crippen molar-refractivity contribution in [2.45, 2.75) is 26.3 Å². The molecule has 3 N–H and O–H groups in total. The van der Waals surface area contributed by atoms with Gasteiger partial charge in [0.1, 0.15) is 11.8 Å². The maximum atomic E-state index is 13.0. The molecule has 0 aromatic heterocycles. The van der Waals surface area contributed by atoms with E-state index < -0.39 is 35.5 Å². The van der Waals surface area contributed by atoms with E-state index in [1.807, 2.05) is 6.92 Å². The van der Waals surface area contributed by atoms with Gasteiger partial charge >= 0.3 is 5.97 Å². The van der Waals surface area contributed by atoms with Crippen LogP contribution in [0.4, 0.5) is 5.69 Å². The molecule has 2 aromatic carbocycles. The smallest absolute Gasteiger partial charge is 0.335 e. The summed E-state index contributed by atoms with van der Waals surface area (Å²) in [7, 11) is 0. The van der Waals surface area contributed by atoms with Gasteiger partial charge in [-0.15, -0.1) is 0 Å². The number of carbonyl (C=O) groups is 4. The lowest BCUT2D eigenvalue weighted by atomic mass is 9.96. The highest BCUT2D eigenvalue weighted by Crippen LogP contribution is 2.30. The van der Waals surface area contributed by atoms with E-state index in [9.17, 15) is 24.3 Å². The third-order valence-electron chi connectivity index (χ3n) is 5.06. The summed E-state index contributed by atoms with van der Waals surface area (Å²) in [6, 6.07) is 8.78. The molecule has 1 heterocycles. The second-order valence-corrected chi connectivity index (χ2v) is 6.88. The maximum absolute atomic E-state index is 13.0. The number of amides is 3. The van der Waals surface area contributed by atoms with E-state index in [0.29, 0.717) is 6.42 Å². The van der Waals surface area contributed by atoms with Crippen LogP contribution in [0.15, 0.2) is 42.5 Å². The fraction of sp³-hybridized carbons (Fsp3) is 0.238. The van der Waals surface area contributed by atoms with Gasteiger partial charge in [0.2, 0.25) is 5.91 Å². The number of aromatic hydroxyl groups is 1. The molecule has 0 saturated carbocycles. The number of anilines is 1. The minimum Gasteiger partial charge on any atom is -0.506 e. The number of carbonyl (C=O) groups excluding carboxylic acids is 3. The van der Waals surface area contributed by atoms with Crippen LogP contribution in [0.1, 0.15) is 51.3 Å². The Morgan fingerprint density at radius 1 is 1.07 bits per heavy atom. The van der Waals surface area contributed by atoms with Gasteiger partial charge in [0, 0.05) is 0 Å². The Morgan fingerprint density at radius 3 is 2.14 bits per heavy atom. The first-order valence-electron chi connectivity index (χ1n) is 9.10. The standard InChI is InChI=1S/C21H20N2O6/c1-3-11(2)17(23-19(26)13-6-4-5-7-14(13)20(23)27)18(25)22-15-9-8-12(21(28)29)10-16(15)24/h4-11,17,24H,3H2,1-2H3,(H,22,25)(H,28,29). The van der Waals surface area contributed by atoms with Gasteiger partial charge in [-0.1, -0.05) is 32.4 Å². The summed E-state index contributed by atoms with van der Waals surface area (Å²) in [4.78, 5) is 50.6. The predicted octanol–water partition coefficient (Wildman–Crippen LogP) is 2.74. The summed E-state index contributed by atoms with van der Waals surface area (Å²) in [6.45, 7) is 3.59. The second-order valence-electron chi connectivity index (χ2n) is 6.88. The number of fused-ring (bicyclic) bond motifs is 1. The van der Waals surface area contributed by atoms with E-state index in [1.54, 1.807) is 19.1 Å². The van der Waals surface area contributed by atoms with Crippen LogP contribution in [-0.2, 0) is 4.79 Å². The molecule has 3 amide bonds. The first-order valence-corrected chi connectivity index (χ1v) is 9.10. The number of carboxylic acids is 1. The van der Waals surface area contributed by atoms with E-state index in [1.165, 1.54) is 24.3 Å². The molecule has 3 rings (SSSR count). The third kappa shape index (κ3) is 3.56. The molecule has 0 aliphatic carbocycles. The minimum atomic E-state index is -1.22. The highest BCUT2D eigenvalue weighted by molar-refractivity contribution is 6.23. The number of imide groups is 1. The zero-order valence-electron chi connectivity index (χ0n) is 15.9. The third-order valence-corrected chi connectivity index (χ3v) is 5.06. The first kappa shape index (κ1) is 20.1. The molecular formula is C21H20N2O6. The fourth-order valence-electron chi connectivity index (χ4n) is 3.29. The van der Waals surface area contributed by atoms with E-state index in [2.05, 4.69) is 5.32 Å². The number of carboxylic acid groups (broad SMARTS) is 1. The lowest BCUT2D eigenvalue weighted by Crippen LogP contribution is -2.50. The second kappa shape index (κ2) is 7.75. The molecule has 0 saturated heterocycles. The molecule has 0 spiro atoms. The summed E-state index contributed by atoms with van der Waals surface area (Å²) in [5.74, 6) is -3.73. The van der Waals surface area contributed by atoms with Gasteiger partial charge in [-0.05, 0) is 36.2 Å². The van der Waals surface area contributed by atoms with Gasteiger partial charge in [0.25, 0.3) is 11.8 Å². The van der Waals surface area contributed by atoms with Crippen LogP contribution in [0.2, 0.25) is 0 Å². The van der Waals surface area contributed by atoms with Crippen LogP contribution >= 0.6 is 0 Å². The molecule has 2 unspecified atom stereocenters. The van der Waals surface area contributed by atoms with E-state index >= 15 is 0 Å². The number of benzene rings is 2. The van der Waals surface area contributed by atoms with Gasteiger partial charge in [0.15, 0.2) is 0 Å². The molecule has 0 bridgehead atoms. The summed E-state index contributed by atoms with van der Waals surface area (Å²) in [5, 5.41) is 21.5. The molecule has 1 aliphatic heterocycles. The zero-order chi connectivity index (χ0) is 21.3. The Bertz CT molecular complexity index is 981. The van der Waals surface area contributed by atoms with Crippen LogP contribution in [-0.4, -0.2) is 44.8 Å². The minimum absolute atomic E-state index is 0.00934. The van der Waals surface area contributed by atoms with Crippen molar-refractivity contribution in [3.63, 3.8) is 0 Å². The van der Waals surface area contributed by atoms with Gasteiger partial charge in [0.05, 0.1) is 22.4 Å². The van der Waals surface area contributed by atoms with Gasteiger partial charge in [-0.2, -0.15) is 0 Å². The van der Waals surface area contributed by atoms with E-state index in [-0.39, 0.29) is 28.3 Å². The van der Waals surface area contributed by atoms with Crippen LogP contribution in [0, 0.1) is 5.92 Å². The van der Waals surface area contributed by atoms with Crippen molar-refractivity contribution in [2.24, 2.45) is 5.92 Å². The molecule has 29 heavy (non-hydrogen) atoms. The molecule has 0 fully saturated rings. The zero-order valence-corrected chi connectivity index (χ0v) is 15.9. The number of phenols is 1. The van der Waals surface area contributed by atoms with E-state index in [0.717, 1.165) is 11.0 Å². The maximum Gasteiger partial charge on any atom is 0.335 e. The molecule has 2 atom stereocenters. The molecule has 1 aliphatic rings. The van der Waals surface area contributed by atoms with E-state index in [4.69, 9.17) is 5.11 Å². The number of aromatic carboxylic acids is 1. The van der Waals surface area contributed by atoms with Crippen LogP contribution in [0.3, 0.4) is 0 Å². The highest BCUT2D eigenvalue weighted by atomic mass is 16.4. The number of nitrogens with one attached hydrogen (secondary N) is 1. The van der Waals surface area contributed by atoms with Crippen LogP contribution in [0.5, 0.6) is 5.75 Å². The molecule has 8 heteroatoms. The predicted molar refractivity (Wildman–Crippen MR) is 104 cm³/mol. The first-order chi connectivity index (χ1) is 13.8. The van der Waals surface area contributed by atoms with Crippen molar-refractivity contribution < 1.29 is 29.4 Å². The lowest BCUT2D eigenvalue weighted by Gasteiger charge is -2.29. The van der Waals surface area contributed by atoms with Crippen molar-refractivity contribution >= 4 is 29.4 Å². The number of phenolic OH excluding ortho intramolecular Hbond substituents is 1. The molecule has 2 aromatic rings. The number of hydrogen-bond donors (Lipinski definition) is 3. The summed E-state index contributed by atoms with van der Waals surface area (Å²) < 4.78 is 0. The largest absolute Gasteiger partial charge is 0.506 e. The normalized spacial score (nSPS) is 15.0. The van der Waals surface area contributed by atoms with Crippen molar-refractivity contribution in [3.8, 4) is 5.75 Å². The number of nitrogens with zero attached hydrogens (tertiary/aromatic N) is 1. The summed E-state index contributed by atoms with van der Waals surface area (Å²) >= 11 is 0. The van der Waals surface area contributed by atoms with Crippen molar-refractivity contribution in [1.29, 1.82) is 0 Å². The van der Waals surface area contributed by atoms with Crippen molar-refractivity contribution in [1.82, 2.24) is 4.90 Å². The topological polar surface area (TPSA) is 124 Å². The number of rotatable bonds is 6. The fourth-order valence-corrected chi connectivity index (χ4v) is 3.29.